The fourth-order valence-electron chi connectivity index (χ4n) is 3.67. The summed E-state index contributed by atoms with van der Waals surface area (Å²) in [5, 5.41) is 9.38. The maximum absolute atomic E-state index is 12.4. The molecule has 1 aliphatic carbocycles. The average Bonchev–Trinajstić information content (AvgIpc) is 3.21. The fraction of sp³-hybridized carbons (Fsp3) is 0.750. The van der Waals surface area contributed by atoms with E-state index in [1.165, 1.54) is 12.8 Å². The lowest BCUT2D eigenvalue weighted by atomic mass is 9.86. The zero-order valence-electron chi connectivity index (χ0n) is 13.9. The quantitative estimate of drug-likeness (QED) is 0.863. The number of aromatic nitrogens is 1. The molecule has 2 aliphatic rings. The van der Waals surface area contributed by atoms with Gasteiger partial charge in [0, 0.05) is 30.6 Å². The van der Waals surface area contributed by atoms with Crippen LogP contribution < -0.4 is 10.6 Å². The first-order valence-corrected chi connectivity index (χ1v) is 8.50. The van der Waals surface area contributed by atoms with E-state index >= 15 is 0 Å². The molecule has 3 rings (SSSR count). The van der Waals surface area contributed by atoms with E-state index in [1.54, 1.807) is 11.0 Å². The number of likely N-dealkylation sites (tertiary alicyclic amines) is 1. The fourth-order valence-corrected chi connectivity index (χ4v) is 3.67. The van der Waals surface area contributed by atoms with E-state index in [4.69, 9.17) is 4.52 Å². The van der Waals surface area contributed by atoms with Crippen molar-refractivity contribution < 1.29 is 18.1 Å². The second-order valence-corrected chi connectivity index (χ2v) is 7.08. The van der Waals surface area contributed by atoms with Gasteiger partial charge in [-0.15, -0.1) is 0 Å². The van der Waals surface area contributed by atoms with Crippen LogP contribution in [0.5, 0.6) is 0 Å². The Labute approximate surface area is 139 Å². The maximum atomic E-state index is 12.4. The Morgan fingerprint density at radius 2 is 2.25 bits per heavy atom. The van der Waals surface area contributed by atoms with Crippen LogP contribution in [0.1, 0.15) is 44.8 Å². The molecule has 2 N–H and O–H groups in total. The number of halogens is 2. The monoisotopic (exact) mass is 342 g/mol. The number of hydrogen-bond donors (Lipinski definition) is 2. The van der Waals surface area contributed by atoms with Gasteiger partial charge in [0.15, 0.2) is 5.82 Å². The third-order valence-corrected chi connectivity index (χ3v) is 5.06. The Bertz CT molecular complexity index is 572. The molecule has 134 valence electrons. The zero-order valence-corrected chi connectivity index (χ0v) is 13.9. The number of carbonyl (C=O) groups is 1. The van der Waals surface area contributed by atoms with Crippen LogP contribution in [-0.2, 0) is 5.41 Å². The van der Waals surface area contributed by atoms with E-state index in [0.29, 0.717) is 25.3 Å². The summed E-state index contributed by atoms with van der Waals surface area (Å²) in [6, 6.07) is 1.28. The number of hydrogen-bond acceptors (Lipinski definition) is 4. The van der Waals surface area contributed by atoms with Gasteiger partial charge in [-0.3, -0.25) is 10.2 Å². The van der Waals surface area contributed by atoms with Crippen LogP contribution in [0.25, 0.3) is 0 Å². The molecule has 0 bridgehead atoms. The number of alkyl halides is 2. The van der Waals surface area contributed by atoms with Crippen molar-refractivity contribution in [3.8, 4) is 0 Å². The number of anilines is 1. The highest BCUT2D eigenvalue weighted by atomic mass is 19.3. The van der Waals surface area contributed by atoms with E-state index in [9.17, 15) is 13.6 Å². The van der Waals surface area contributed by atoms with Crippen molar-refractivity contribution >= 4 is 11.8 Å². The summed E-state index contributed by atoms with van der Waals surface area (Å²) in [6.07, 6.45) is 2.81. The standard InChI is InChI=1S/C16H24F2N4O2/c1-16(5-2-3-6-16)12-8-14(21-24-12)20-15(23)19-11-4-7-22(9-11)10-13(17)18/h8,11,13H,2-7,9-10H2,1H3,(H2,19,20,21,23)/t11-/m0/s1. The molecule has 1 saturated heterocycles. The van der Waals surface area contributed by atoms with Crippen LogP contribution in [0.15, 0.2) is 10.6 Å². The normalized spacial score (nSPS) is 23.8. The van der Waals surface area contributed by atoms with Crippen LogP contribution >= 0.6 is 0 Å². The Hall–Kier alpha value is -1.70. The van der Waals surface area contributed by atoms with E-state index in [1.807, 2.05) is 0 Å². The van der Waals surface area contributed by atoms with Crippen LogP contribution in [0.2, 0.25) is 0 Å². The summed E-state index contributed by atoms with van der Waals surface area (Å²) in [4.78, 5) is 13.7. The van der Waals surface area contributed by atoms with Crippen LogP contribution in [-0.4, -0.2) is 48.2 Å². The topological polar surface area (TPSA) is 70.4 Å². The first-order valence-electron chi connectivity index (χ1n) is 8.50. The van der Waals surface area contributed by atoms with Crippen LogP contribution in [0.4, 0.5) is 19.4 Å². The largest absolute Gasteiger partial charge is 0.359 e. The van der Waals surface area contributed by atoms with Crippen molar-refractivity contribution in [2.45, 2.75) is 56.9 Å². The molecule has 1 aliphatic heterocycles. The maximum Gasteiger partial charge on any atom is 0.320 e. The van der Waals surface area contributed by atoms with Crippen molar-refractivity contribution in [3.63, 3.8) is 0 Å². The summed E-state index contributed by atoms with van der Waals surface area (Å²) in [5.41, 5.74) is 0.00460. The molecule has 0 aromatic carbocycles. The lowest BCUT2D eigenvalue weighted by molar-refractivity contribution is 0.0988. The molecule has 2 fully saturated rings. The number of amides is 2. The number of rotatable bonds is 5. The molecule has 0 unspecified atom stereocenters. The van der Waals surface area contributed by atoms with Crippen LogP contribution in [0, 0.1) is 0 Å². The molecule has 1 aromatic rings. The zero-order chi connectivity index (χ0) is 17.2. The van der Waals surface area contributed by atoms with E-state index in [2.05, 4.69) is 22.7 Å². The molecular formula is C16H24F2N4O2. The van der Waals surface area contributed by atoms with Crippen molar-refractivity contribution in [2.75, 3.05) is 25.0 Å². The van der Waals surface area contributed by atoms with Gasteiger partial charge < -0.3 is 9.84 Å². The van der Waals surface area contributed by atoms with Gasteiger partial charge in [0.25, 0.3) is 6.43 Å². The molecular weight excluding hydrogens is 318 g/mol. The van der Waals surface area contributed by atoms with Crippen LogP contribution in [0.3, 0.4) is 0 Å². The summed E-state index contributed by atoms with van der Waals surface area (Å²) in [5.74, 6) is 1.19. The molecule has 6 nitrogen and oxygen atoms in total. The number of nitrogens with one attached hydrogen (secondary N) is 2. The molecule has 2 heterocycles. The smallest absolute Gasteiger partial charge is 0.320 e. The molecule has 0 spiro atoms. The minimum absolute atomic E-state index is 0.00460. The van der Waals surface area contributed by atoms with Crippen molar-refractivity contribution in [3.05, 3.63) is 11.8 Å². The van der Waals surface area contributed by atoms with Crippen molar-refractivity contribution in [1.29, 1.82) is 0 Å². The van der Waals surface area contributed by atoms with Gasteiger partial charge in [0.05, 0.1) is 6.54 Å². The Morgan fingerprint density at radius 3 is 2.96 bits per heavy atom. The average molecular weight is 342 g/mol. The SMILES string of the molecule is CC1(c2cc(NC(=O)N[C@H]3CCN(CC(F)F)C3)no2)CCCC1. The Balaban J connectivity index is 1.48. The predicted octanol–water partition coefficient (Wildman–Crippen LogP) is 2.97. The van der Waals surface area contributed by atoms with Gasteiger partial charge in [-0.2, -0.15) is 0 Å². The lowest BCUT2D eigenvalue weighted by Crippen LogP contribution is -2.40. The molecule has 8 heteroatoms. The number of urea groups is 1. The van der Waals surface area contributed by atoms with E-state index in [-0.39, 0.29) is 24.0 Å². The van der Waals surface area contributed by atoms with E-state index in [0.717, 1.165) is 18.6 Å². The second kappa shape index (κ2) is 7.04. The Kier molecular flexibility index (Phi) is 5.03. The predicted molar refractivity (Wildman–Crippen MR) is 85.3 cm³/mol. The molecule has 1 atom stereocenters. The van der Waals surface area contributed by atoms with Gasteiger partial charge in [0.1, 0.15) is 5.76 Å². The van der Waals surface area contributed by atoms with Crippen molar-refractivity contribution in [1.82, 2.24) is 15.4 Å². The first kappa shape index (κ1) is 17.1. The van der Waals surface area contributed by atoms with Gasteiger partial charge in [-0.05, 0) is 19.3 Å². The highest BCUT2D eigenvalue weighted by Crippen LogP contribution is 2.41. The third kappa shape index (κ3) is 4.03. The lowest BCUT2D eigenvalue weighted by Gasteiger charge is -2.18. The van der Waals surface area contributed by atoms with Gasteiger partial charge >= 0.3 is 6.03 Å². The number of nitrogens with zero attached hydrogens (tertiary/aromatic N) is 2. The molecule has 2 amide bonds. The van der Waals surface area contributed by atoms with Gasteiger partial charge in [-0.1, -0.05) is 24.9 Å². The summed E-state index contributed by atoms with van der Waals surface area (Å²) in [7, 11) is 0. The van der Waals surface area contributed by atoms with Crippen molar-refractivity contribution in [2.24, 2.45) is 0 Å². The summed E-state index contributed by atoms with van der Waals surface area (Å²) in [6.45, 7) is 2.92. The van der Waals surface area contributed by atoms with Gasteiger partial charge in [0.2, 0.25) is 0 Å². The molecule has 1 aromatic heterocycles. The van der Waals surface area contributed by atoms with E-state index < -0.39 is 6.43 Å². The first-order chi connectivity index (χ1) is 11.4. The third-order valence-electron chi connectivity index (χ3n) is 5.06. The minimum Gasteiger partial charge on any atom is -0.359 e. The molecule has 0 radical (unpaired) electrons. The van der Waals surface area contributed by atoms with Gasteiger partial charge in [-0.25, -0.2) is 13.6 Å². The highest BCUT2D eigenvalue weighted by Gasteiger charge is 2.34. The summed E-state index contributed by atoms with van der Waals surface area (Å²) < 4.78 is 30.1. The Morgan fingerprint density at radius 1 is 1.50 bits per heavy atom. The second-order valence-electron chi connectivity index (χ2n) is 7.08. The summed E-state index contributed by atoms with van der Waals surface area (Å²) >= 11 is 0. The minimum atomic E-state index is -2.34. The number of carbonyl (C=O) groups excluding carboxylic acids is 1. The molecule has 1 saturated carbocycles. The molecule has 24 heavy (non-hydrogen) atoms. The highest BCUT2D eigenvalue weighted by molar-refractivity contribution is 5.88.